The van der Waals surface area contributed by atoms with E-state index in [0.717, 1.165) is 73.9 Å². The molecule has 2 aromatic rings. The Hall–Kier alpha value is -2.54. The number of hydrogen-bond donors (Lipinski definition) is 1. The summed E-state index contributed by atoms with van der Waals surface area (Å²) in [6.07, 6.45) is 3.88. The van der Waals surface area contributed by atoms with E-state index in [0.29, 0.717) is 0 Å². The lowest BCUT2D eigenvalue weighted by Gasteiger charge is -2.34. The van der Waals surface area contributed by atoms with Crippen LogP contribution in [-0.4, -0.2) is 66.3 Å². The van der Waals surface area contributed by atoms with Crippen molar-refractivity contribution < 1.29 is 14.3 Å². The standard InChI is InChI=1S/C22H32N4O3/c1-5-26(6-2)22(27)16-8-7-11-25(14-16)15-17-13-23-24-21(17)19-10-9-18(28-3)12-20(19)29-4/h9-10,12-13,16H,5-8,11,14-15H2,1-4H3,(H,23,24). The minimum Gasteiger partial charge on any atom is -0.497 e. The van der Waals surface area contributed by atoms with Crippen LogP contribution in [0.25, 0.3) is 11.3 Å². The van der Waals surface area contributed by atoms with Crippen LogP contribution in [0.4, 0.5) is 0 Å². The number of aromatic amines is 1. The number of aromatic nitrogens is 2. The summed E-state index contributed by atoms with van der Waals surface area (Å²) in [6.45, 7) is 8.17. The summed E-state index contributed by atoms with van der Waals surface area (Å²) in [5.74, 6) is 1.85. The van der Waals surface area contributed by atoms with Crippen LogP contribution >= 0.6 is 0 Å². The lowest BCUT2D eigenvalue weighted by molar-refractivity contribution is -0.137. The number of nitrogens with one attached hydrogen (secondary N) is 1. The summed E-state index contributed by atoms with van der Waals surface area (Å²) in [7, 11) is 3.30. The summed E-state index contributed by atoms with van der Waals surface area (Å²) in [4.78, 5) is 17.1. The Balaban J connectivity index is 1.76. The fourth-order valence-corrected chi connectivity index (χ4v) is 4.10. The molecule has 0 spiro atoms. The molecule has 29 heavy (non-hydrogen) atoms. The molecular weight excluding hydrogens is 368 g/mol. The number of carbonyl (C=O) groups excluding carboxylic acids is 1. The summed E-state index contributed by atoms with van der Waals surface area (Å²) in [5.41, 5.74) is 3.00. The van der Waals surface area contributed by atoms with Crippen molar-refractivity contribution >= 4 is 5.91 Å². The number of piperidine rings is 1. The monoisotopic (exact) mass is 400 g/mol. The number of carbonyl (C=O) groups is 1. The second kappa shape index (κ2) is 9.78. The second-order valence-electron chi connectivity index (χ2n) is 7.42. The molecule has 1 aliphatic rings. The van der Waals surface area contributed by atoms with E-state index in [1.807, 2.05) is 43.1 Å². The van der Waals surface area contributed by atoms with E-state index >= 15 is 0 Å². The molecule has 1 aromatic carbocycles. The van der Waals surface area contributed by atoms with Crippen LogP contribution in [-0.2, 0) is 11.3 Å². The zero-order chi connectivity index (χ0) is 20.8. The zero-order valence-electron chi connectivity index (χ0n) is 17.9. The summed E-state index contributed by atoms with van der Waals surface area (Å²) >= 11 is 0. The van der Waals surface area contributed by atoms with Gasteiger partial charge in [-0.15, -0.1) is 0 Å². The van der Waals surface area contributed by atoms with Crippen LogP contribution in [0.15, 0.2) is 24.4 Å². The van der Waals surface area contributed by atoms with Gasteiger partial charge in [0.25, 0.3) is 0 Å². The largest absolute Gasteiger partial charge is 0.497 e. The van der Waals surface area contributed by atoms with E-state index in [1.165, 1.54) is 0 Å². The Morgan fingerprint density at radius 1 is 1.28 bits per heavy atom. The molecule has 7 heteroatoms. The third-order valence-electron chi connectivity index (χ3n) is 5.72. The van der Waals surface area contributed by atoms with Gasteiger partial charge in [0.15, 0.2) is 0 Å². The number of amides is 1. The number of rotatable bonds is 8. The van der Waals surface area contributed by atoms with Gasteiger partial charge in [-0.25, -0.2) is 0 Å². The molecule has 158 valence electrons. The topological polar surface area (TPSA) is 70.7 Å². The third-order valence-corrected chi connectivity index (χ3v) is 5.72. The van der Waals surface area contributed by atoms with Crippen molar-refractivity contribution in [1.82, 2.24) is 20.0 Å². The molecule has 1 N–H and O–H groups in total. The van der Waals surface area contributed by atoms with E-state index in [4.69, 9.17) is 9.47 Å². The number of hydrogen-bond acceptors (Lipinski definition) is 5. The number of ether oxygens (including phenoxy) is 2. The van der Waals surface area contributed by atoms with Gasteiger partial charge in [0.1, 0.15) is 11.5 Å². The molecular formula is C22H32N4O3. The summed E-state index contributed by atoms with van der Waals surface area (Å²) in [6, 6.07) is 5.78. The Morgan fingerprint density at radius 3 is 2.76 bits per heavy atom. The highest BCUT2D eigenvalue weighted by molar-refractivity contribution is 5.79. The lowest BCUT2D eigenvalue weighted by atomic mass is 9.95. The predicted molar refractivity (Wildman–Crippen MR) is 113 cm³/mol. The number of methoxy groups -OCH3 is 2. The Labute approximate surface area is 173 Å². The minimum absolute atomic E-state index is 0.0783. The highest BCUT2D eigenvalue weighted by Gasteiger charge is 2.29. The molecule has 0 saturated carbocycles. The maximum Gasteiger partial charge on any atom is 0.226 e. The van der Waals surface area contributed by atoms with Gasteiger partial charge < -0.3 is 14.4 Å². The molecule has 3 rings (SSSR count). The molecule has 1 atom stereocenters. The first kappa shape index (κ1) is 21.2. The van der Waals surface area contributed by atoms with Gasteiger partial charge in [-0.3, -0.25) is 14.8 Å². The van der Waals surface area contributed by atoms with Gasteiger partial charge in [0, 0.05) is 43.4 Å². The van der Waals surface area contributed by atoms with Crippen molar-refractivity contribution in [2.75, 3.05) is 40.4 Å². The van der Waals surface area contributed by atoms with Gasteiger partial charge in [0.05, 0.1) is 32.0 Å². The smallest absolute Gasteiger partial charge is 0.226 e. The summed E-state index contributed by atoms with van der Waals surface area (Å²) < 4.78 is 10.9. The van der Waals surface area contributed by atoms with Crippen molar-refractivity contribution in [3.63, 3.8) is 0 Å². The van der Waals surface area contributed by atoms with Crippen LogP contribution in [0, 0.1) is 5.92 Å². The van der Waals surface area contributed by atoms with Gasteiger partial charge in [-0.2, -0.15) is 5.10 Å². The van der Waals surface area contributed by atoms with Crippen molar-refractivity contribution in [3.05, 3.63) is 30.0 Å². The van der Waals surface area contributed by atoms with Crippen LogP contribution in [0.3, 0.4) is 0 Å². The highest BCUT2D eigenvalue weighted by atomic mass is 16.5. The van der Waals surface area contributed by atoms with Crippen molar-refractivity contribution in [2.24, 2.45) is 5.92 Å². The number of likely N-dealkylation sites (tertiary alicyclic amines) is 1. The van der Waals surface area contributed by atoms with E-state index in [2.05, 4.69) is 15.1 Å². The maximum absolute atomic E-state index is 12.8. The molecule has 1 unspecified atom stereocenters. The SMILES string of the molecule is CCN(CC)C(=O)C1CCCN(Cc2cn[nH]c2-c2ccc(OC)cc2OC)C1. The molecule has 1 aliphatic heterocycles. The van der Waals surface area contributed by atoms with E-state index in [1.54, 1.807) is 14.2 Å². The van der Waals surface area contributed by atoms with Crippen LogP contribution in [0.2, 0.25) is 0 Å². The molecule has 1 amide bonds. The minimum atomic E-state index is 0.0783. The Bertz CT molecular complexity index is 816. The lowest BCUT2D eigenvalue weighted by Crippen LogP contribution is -2.44. The maximum atomic E-state index is 12.8. The van der Waals surface area contributed by atoms with Crippen LogP contribution < -0.4 is 9.47 Å². The number of nitrogens with zero attached hydrogens (tertiary/aromatic N) is 3. The van der Waals surface area contributed by atoms with Crippen molar-refractivity contribution in [3.8, 4) is 22.8 Å². The van der Waals surface area contributed by atoms with E-state index in [-0.39, 0.29) is 11.8 Å². The van der Waals surface area contributed by atoms with E-state index in [9.17, 15) is 4.79 Å². The fraction of sp³-hybridized carbons (Fsp3) is 0.545. The second-order valence-corrected chi connectivity index (χ2v) is 7.42. The molecule has 0 radical (unpaired) electrons. The van der Waals surface area contributed by atoms with Gasteiger partial charge in [0.2, 0.25) is 5.91 Å². The average Bonchev–Trinajstić information content (AvgIpc) is 3.21. The Morgan fingerprint density at radius 2 is 2.07 bits per heavy atom. The first-order valence-electron chi connectivity index (χ1n) is 10.4. The van der Waals surface area contributed by atoms with Crippen molar-refractivity contribution in [2.45, 2.75) is 33.2 Å². The first-order valence-corrected chi connectivity index (χ1v) is 10.4. The quantitative estimate of drug-likeness (QED) is 0.737. The normalized spacial score (nSPS) is 17.2. The molecule has 0 bridgehead atoms. The molecule has 1 saturated heterocycles. The predicted octanol–water partition coefficient (Wildman–Crippen LogP) is 3.17. The fourth-order valence-electron chi connectivity index (χ4n) is 4.10. The third kappa shape index (κ3) is 4.72. The number of benzene rings is 1. The first-order chi connectivity index (χ1) is 14.1. The molecule has 2 heterocycles. The van der Waals surface area contributed by atoms with Gasteiger partial charge >= 0.3 is 0 Å². The van der Waals surface area contributed by atoms with Gasteiger partial charge in [-0.1, -0.05) is 0 Å². The zero-order valence-corrected chi connectivity index (χ0v) is 17.9. The summed E-state index contributed by atoms with van der Waals surface area (Å²) in [5, 5.41) is 7.40. The van der Waals surface area contributed by atoms with Gasteiger partial charge in [-0.05, 0) is 45.4 Å². The van der Waals surface area contributed by atoms with E-state index < -0.39 is 0 Å². The molecule has 1 aromatic heterocycles. The van der Waals surface area contributed by atoms with Crippen molar-refractivity contribution in [1.29, 1.82) is 0 Å². The average molecular weight is 401 g/mol. The molecule has 7 nitrogen and oxygen atoms in total. The molecule has 1 fully saturated rings. The van der Waals surface area contributed by atoms with Crippen LogP contribution in [0.1, 0.15) is 32.3 Å². The Kier molecular flexibility index (Phi) is 7.14. The molecule has 0 aliphatic carbocycles. The van der Waals surface area contributed by atoms with Crippen LogP contribution in [0.5, 0.6) is 11.5 Å². The number of H-pyrrole nitrogens is 1. The highest BCUT2D eigenvalue weighted by Crippen LogP contribution is 2.34.